The van der Waals surface area contributed by atoms with Gasteiger partial charge < -0.3 is 0 Å². The first-order valence-electron chi connectivity index (χ1n) is 7.49. The zero-order chi connectivity index (χ0) is 19.2. The molecule has 0 aromatic heterocycles. The Morgan fingerprint density at radius 3 is 2.46 bits per heavy atom. The van der Waals surface area contributed by atoms with Gasteiger partial charge in [-0.25, -0.2) is 18.2 Å². The van der Waals surface area contributed by atoms with E-state index in [0.29, 0.717) is 4.31 Å². The van der Waals surface area contributed by atoms with Crippen molar-refractivity contribution >= 4 is 39.6 Å². The summed E-state index contributed by atoms with van der Waals surface area (Å²) in [4.78, 5) is 13.1. The number of thioether (sulfide) groups is 1. The van der Waals surface area contributed by atoms with Crippen LogP contribution in [-0.2, 0) is 14.8 Å². The van der Waals surface area contributed by atoms with Crippen molar-refractivity contribution in [2.45, 2.75) is 4.90 Å². The van der Waals surface area contributed by atoms with Gasteiger partial charge in [0.25, 0.3) is 5.91 Å². The molecule has 0 aliphatic heterocycles. The van der Waals surface area contributed by atoms with E-state index in [1.54, 1.807) is 11.8 Å². The van der Waals surface area contributed by atoms with Gasteiger partial charge in [-0.1, -0.05) is 24.3 Å². The highest BCUT2D eigenvalue weighted by Gasteiger charge is 2.23. The molecule has 0 saturated carbocycles. The first-order valence-corrected chi connectivity index (χ1v) is 10.6. The Hall–Kier alpha value is -2.39. The molecule has 0 bridgehead atoms. The van der Waals surface area contributed by atoms with E-state index in [2.05, 4.69) is 10.5 Å². The number of carbonyl (C=O) groups excluding carboxylic acids is 1. The Balaban J connectivity index is 2.05. The van der Waals surface area contributed by atoms with Crippen LogP contribution in [0.5, 0.6) is 0 Å². The number of para-hydroxylation sites is 1. The molecule has 0 aliphatic carbocycles. The molecule has 1 N–H and O–H groups in total. The maximum atomic E-state index is 13.9. The van der Waals surface area contributed by atoms with Crippen LogP contribution >= 0.6 is 11.8 Å². The van der Waals surface area contributed by atoms with Gasteiger partial charge in [-0.3, -0.25) is 9.10 Å². The average molecular weight is 395 g/mol. The van der Waals surface area contributed by atoms with E-state index < -0.39 is 28.3 Å². The van der Waals surface area contributed by atoms with Crippen LogP contribution in [0.15, 0.2) is 58.5 Å². The lowest BCUT2D eigenvalue weighted by Gasteiger charge is -2.21. The van der Waals surface area contributed by atoms with Gasteiger partial charge in [-0.2, -0.15) is 5.10 Å². The summed E-state index contributed by atoms with van der Waals surface area (Å²) in [6, 6.07) is 12.8. The van der Waals surface area contributed by atoms with Crippen molar-refractivity contribution < 1.29 is 17.6 Å². The number of sulfonamides is 1. The quantitative estimate of drug-likeness (QED) is 0.444. The van der Waals surface area contributed by atoms with Crippen molar-refractivity contribution in [3.8, 4) is 0 Å². The minimum atomic E-state index is -3.84. The lowest BCUT2D eigenvalue weighted by molar-refractivity contribution is -0.119. The van der Waals surface area contributed by atoms with Crippen molar-refractivity contribution in [3.05, 3.63) is 59.9 Å². The normalized spacial score (nSPS) is 11.5. The molecule has 2 aromatic carbocycles. The highest BCUT2D eigenvalue weighted by Crippen LogP contribution is 2.20. The topological polar surface area (TPSA) is 78.8 Å². The number of amides is 1. The minimum Gasteiger partial charge on any atom is -0.271 e. The van der Waals surface area contributed by atoms with E-state index in [-0.39, 0.29) is 5.69 Å². The Bertz CT molecular complexity index is 900. The number of hydrazone groups is 1. The van der Waals surface area contributed by atoms with Crippen LogP contribution in [0.1, 0.15) is 5.56 Å². The van der Waals surface area contributed by atoms with Gasteiger partial charge >= 0.3 is 0 Å². The first kappa shape index (κ1) is 19.9. The molecule has 0 spiro atoms. The lowest BCUT2D eigenvalue weighted by atomic mass is 10.2. The van der Waals surface area contributed by atoms with Crippen LogP contribution in [0.25, 0.3) is 0 Å². The van der Waals surface area contributed by atoms with Crippen molar-refractivity contribution in [2.24, 2.45) is 5.10 Å². The lowest BCUT2D eigenvalue weighted by Crippen LogP contribution is -2.39. The molecule has 0 saturated heterocycles. The predicted octanol–water partition coefficient (Wildman–Crippen LogP) is 2.46. The summed E-state index contributed by atoms with van der Waals surface area (Å²) in [5, 5.41) is 3.80. The van der Waals surface area contributed by atoms with Crippen LogP contribution in [0.4, 0.5) is 10.1 Å². The summed E-state index contributed by atoms with van der Waals surface area (Å²) in [5.41, 5.74) is 2.83. The summed E-state index contributed by atoms with van der Waals surface area (Å²) >= 11 is 1.61. The number of anilines is 1. The largest absolute Gasteiger partial charge is 0.271 e. The molecule has 2 aromatic rings. The van der Waals surface area contributed by atoms with Crippen LogP contribution < -0.4 is 9.73 Å². The Morgan fingerprint density at radius 2 is 1.88 bits per heavy atom. The average Bonchev–Trinajstić information content (AvgIpc) is 2.60. The maximum Gasteiger partial charge on any atom is 0.260 e. The second kappa shape index (κ2) is 8.81. The molecule has 9 heteroatoms. The fraction of sp³-hybridized carbons (Fsp3) is 0.176. The minimum absolute atomic E-state index is 0.193. The van der Waals surface area contributed by atoms with Crippen molar-refractivity contribution in [3.63, 3.8) is 0 Å². The summed E-state index contributed by atoms with van der Waals surface area (Å²) in [6.07, 6.45) is 4.31. The van der Waals surface area contributed by atoms with Gasteiger partial charge in [-0.15, -0.1) is 11.8 Å². The van der Waals surface area contributed by atoms with Crippen LogP contribution in [0.2, 0.25) is 0 Å². The molecular weight excluding hydrogens is 377 g/mol. The Morgan fingerprint density at radius 1 is 1.23 bits per heavy atom. The molecule has 0 fully saturated rings. The van der Waals surface area contributed by atoms with Crippen molar-refractivity contribution in [1.82, 2.24) is 5.43 Å². The second-order valence-electron chi connectivity index (χ2n) is 5.29. The van der Waals surface area contributed by atoms with E-state index in [4.69, 9.17) is 0 Å². The van der Waals surface area contributed by atoms with Gasteiger partial charge in [0.05, 0.1) is 18.2 Å². The summed E-state index contributed by atoms with van der Waals surface area (Å²) < 4.78 is 38.4. The van der Waals surface area contributed by atoms with E-state index in [9.17, 15) is 17.6 Å². The molecule has 26 heavy (non-hydrogen) atoms. The smallest absolute Gasteiger partial charge is 0.260 e. The molecule has 0 unspecified atom stereocenters. The second-order valence-corrected chi connectivity index (χ2v) is 8.07. The third-order valence-corrected chi connectivity index (χ3v) is 5.20. The van der Waals surface area contributed by atoms with E-state index in [0.717, 1.165) is 22.8 Å². The van der Waals surface area contributed by atoms with E-state index in [1.807, 2.05) is 30.5 Å². The van der Waals surface area contributed by atoms with Crippen molar-refractivity contribution in [1.29, 1.82) is 0 Å². The third-order valence-electron chi connectivity index (χ3n) is 3.33. The molecule has 0 radical (unpaired) electrons. The van der Waals surface area contributed by atoms with Crippen LogP contribution in [0, 0.1) is 5.82 Å². The van der Waals surface area contributed by atoms with Gasteiger partial charge in [-0.05, 0) is 36.1 Å². The molecule has 2 rings (SSSR count). The van der Waals surface area contributed by atoms with Gasteiger partial charge in [0.15, 0.2) is 0 Å². The van der Waals surface area contributed by atoms with Crippen LogP contribution in [0.3, 0.4) is 0 Å². The third kappa shape index (κ3) is 5.57. The number of nitrogens with one attached hydrogen (secondary N) is 1. The number of benzene rings is 2. The number of hydrogen-bond donors (Lipinski definition) is 1. The number of carbonyl (C=O) groups is 1. The highest BCUT2D eigenvalue weighted by atomic mass is 32.2. The van der Waals surface area contributed by atoms with Gasteiger partial charge in [0.2, 0.25) is 10.0 Å². The molecule has 1 amide bonds. The van der Waals surface area contributed by atoms with E-state index >= 15 is 0 Å². The fourth-order valence-corrected chi connectivity index (χ4v) is 3.34. The summed E-state index contributed by atoms with van der Waals surface area (Å²) in [7, 11) is -3.84. The number of halogens is 1. The number of nitrogens with zero attached hydrogens (tertiary/aromatic N) is 2. The zero-order valence-electron chi connectivity index (χ0n) is 14.2. The van der Waals surface area contributed by atoms with E-state index in [1.165, 1.54) is 24.4 Å². The molecule has 138 valence electrons. The zero-order valence-corrected chi connectivity index (χ0v) is 15.8. The maximum absolute atomic E-state index is 13.9. The highest BCUT2D eigenvalue weighted by molar-refractivity contribution is 7.98. The summed E-state index contributed by atoms with van der Waals surface area (Å²) in [5.74, 6) is -1.42. The number of hydrogen-bond acceptors (Lipinski definition) is 5. The predicted molar refractivity (Wildman–Crippen MR) is 103 cm³/mol. The fourth-order valence-electron chi connectivity index (χ4n) is 2.07. The Labute approximate surface area is 156 Å². The molecular formula is C17H18FN3O3S2. The summed E-state index contributed by atoms with van der Waals surface area (Å²) in [6.45, 7) is -0.581. The molecule has 0 heterocycles. The molecule has 6 nitrogen and oxygen atoms in total. The van der Waals surface area contributed by atoms with Gasteiger partial charge in [0.1, 0.15) is 12.4 Å². The Kier molecular flexibility index (Phi) is 6.76. The van der Waals surface area contributed by atoms with Crippen molar-refractivity contribution in [2.75, 3.05) is 23.4 Å². The number of rotatable bonds is 7. The molecule has 0 aliphatic rings. The standard InChI is InChI=1S/C17H18FN3O3S2/c1-25-14-9-7-13(8-10-14)11-19-20-17(22)12-21(26(2,23)24)16-6-4-3-5-15(16)18/h3-11H,12H2,1-2H3,(H,20,22)/b19-11-. The molecule has 0 atom stereocenters. The monoisotopic (exact) mass is 395 g/mol. The first-order chi connectivity index (χ1) is 12.3. The SMILES string of the molecule is CSc1ccc(/C=N\NC(=O)CN(c2ccccc2F)S(C)(=O)=O)cc1. The van der Waals surface area contributed by atoms with Gasteiger partial charge in [0, 0.05) is 4.90 Å². The van der Waals surface area contributed by atoms with Crippen LogP contribution in [-0.4, -0.2) is 39.6 Å².